The number of carboxylic acid groups (broad SMARTS) is 1. The number of nitrogens with one attached hydrogen (secondary N) is 2. The molecule has 9 heteroatoms. The van der Waals surface area contributed by atoms with Crippen molar-refractivity contribution in [2.24, 2.45) is 5.92 Å². The number of methoxy groups -OCH3 is 1. The first-order chi connectivity index (χ1) is 9.85. The fraction of sp³-hybridized carbons (Fsp3) is 0.333. The molecule has 21 heavy (non-hydrogen) atoms. The van der Waals surface area contributed by atoms with Gasteiger partial charge in [-0.15, -0.1) is 0 Å². The lowest BCUT2D eigenvalue weighted by atomic mass is 10.2. The number of hydrogen-bond acceptors (Lipinski definition) is 5. The Labute approximate surface area is 120 Å². The molecule has 0 spiro atoms. The number of urea groups is 1. The maximum absolute atomic E-state index is 11.6. The van der Waals surface area contributed by atoms with Crippen LogP contribution in [0.5, 0.6) is 5.75 Å². The van der Waals surface area contributed by atoms with Crippen molar-refractivity contribution in [3.63, 3.8) is 0 Å². The predicted molar refractivity (Wildman–Crippen MR) is 73.5 cm³/mol. The molecule has 9 nitrogen and oxygen atoms in total. The second kappa shape index (κ2) is 7.08. The molecule has 0 aliphatic heterocycles. The van der Waals surface area contributed by atoms with E-state index >= 15 is 0 Å². The number of carbonyl (C=O) groups is 2. The van der Waals surface area contributed by atoms with Crippen LogP contribution in [0.15, 0.2) is 18.2 Å². The Bertz CT molecular complexity index is 560. The van der Waals surface area contributed by atoms with Gasteiger partial charge >= 0.3 is 12.0 Å². The molecule has 0 radical (unpaired) electrons. The molecular formula is C12H15N3O6. The molecule has 0 aliphatic rings. The van der Waals surface area contributed by atoms with Crippen molar-refractivity contribution in [3.05, 3.63) is 28.3 Å². The molecular weight excluding hydrogens is 282 g/mol. The van der Waals surface area contributed by atoms with E-state index in [0.29, 0.717) is 0 Å². The van der Waals surface area contributed by atoms with Crippen LogP contribution in [0.3, 0.4) is 0 Å². The van der Waals surface area contributed by atoms with E-state index in [0.717, 1.165) is 6.07 Å². The highest BCUT2D eigenvalue weighted by atomic mass is 16.6. The van der Waals surface area contributed by atoms with Gasteiger partial charge < -0.3 is 20.5 Å². The maximum Gasteiger partial charge on any atom is 0.319 e. The van der Waals surface area contributed by atoms with E-state index < -0.39 is 22.8 Å². The highest BCUT2D eigenvalue weighted by Crippen LogP contribution is 2.28. The van der Waals surface area contributed by atoms with Gasteiger partial charge in [-0.1, -0.05) is 6.92 Å². The monoisotopic (exact) mass is 297 g/mol. The molecule has 114 valence electrons. The third kappa shape index (κ3) is 4.64. The summed E-state index contributed by atoms with van der Waals surface area (Å²) < 4.78 is 4.99. The molecule has 2 amide bonds. The summed E-state index contributed by atoms with van der Waals surface area (Å²) in [4.78, 5) is 32.4. The van der Waals surface area contributed by atoms with E-state index in [9.17, 15) is 19.7 Å². The second-order valence-corrected chi connectivity index (χ2v) is 4.22. The van der Waals surface area contributed by atoms with Crippen LogP contribution in [0, 0.1) is 16.0 Å². The standard InChI is InChI=1S/C12H15N3O6/c1-7(11(16)17)6-13-12(18)14-9-5-8(15(19)20)3-4-10(9)21-2/h3-5,7H,6H2,1-2H3,(H,16,17)(H2,13,14,18). The summed E-state index contributed by atoms with van der Waals surface area (Å²) in [5.74, 6) is -1.53. The van der Waals surface area contributed by atoms with Crippen molar-refractivity contribution >= 4 is 23.4 Å². The number of nitro benzene ring substituents is 1. The quantitative estimate of drug-likeness (QED) is 0.538. The van der Waals surface area contributed by atoms with Crippen molar-refractivity contribution in [2.45, 2.75) is 6.92 Å². The molecule has 1 unspecified atom stereocenters. The van der Waals surface area contributed by atoms with E-state index in [1.807, 2.05) is 0 Å². The summed E-state index contributed by atoms with van der Waals surface area (Å²) in [6.07, 6.45) is 0. The molecule has 3 N–H and O–H groups in total. The average Bonchev–Trinajstić information content (AvgIpc) is 2.44. The highest BCUT2D eigenvalue weighted by Gasteiger charge is 2.15. The van der Waals surface area contributed by atoms with Gasteiger partial charge in [-0.2, -0.15) is 0 Å². The van der Waals surface area contributed by atoms with E-state index in [1.165, 1.54) is 26.2 Å². The van der Waals surface area contributed by atoms with Crippen LogP contribution in [-0.4, -0.2) is 35.7 Å². The number of benzene rings is 1. The van der Waals surface area contributed by atoms with E-state index in [2.05, 4.69) is 10.6 Å². The first-order valence-corrected chi connectivity index (χ1v) is 5.95. The van der Waals surface area contributed by atoms with Crippen LogP contribution in [0.1, 0.15) is 6.92 Å². The third-order valence-electron chi connectivity index (χ3n) is 2.63. The van der Waals surface area contributed by atoms with Gasteiger partial charge in [-0.25, -0.2) is 4.79 Å². The lowest BCUT2D eigenvalue weighted by molar-refractivity contribution is -0.384. The summed E-state index contributed by atoms with van der Waals surface area (Å²) >= 11 is 0. The zero-order chi connectivity index (χ0) is 16.0. The number of anilines is 1. The topological polar surface area (TPSA) is 131 Å². The number of nitro groups is 1. The summed E-state index contributed by atoms with van der Waals surface area (Å²) in [6, 6.07) is 3.07. The zero-order valence-corrected chi connectivity index (χ0v) is 11.5. The SMILES string of the molecule is COc1ccc([N+](=O)[O-])cc1NC(=O)NCC(C)C(=O)O. The number of nitrogens with zero attached hydrogens (tertiary/aromatic N) is 1. The number of amides is 2. The molecule has 0 heterocycles. The Morgan fingerprint density at radius 3 is 2.67 bits per heavy atom. The summed E-state index contributed by atoms with van der Waals surface area (Å²) in [5.41, 5.74) is -0.0859. The van der Waals surface area contributed by atoms with Gasteiger partial charge in [0.15, 0.2) is 0 Å². The van der Waals surface area contributed by atoms with Crippen LogP contribution < -0.4 is 15.4 Å². The number of ether oxygens (including phenoxy) is 1. The van der Waals surface area contributed by atoms with Gasteiger partial charge in [0, 0.05) is 18.7 Å². The van der Waals surface area contributed by atoms with E-state index in [4.69, 9.17) is 9.84 Å². The molecule has 0 aliphatic carbocycles. The minimum Gasteiger partial charge on any atom is -0.495 e. The largest absolute Gasteiger partial charge is 0.495 e. The minimum atomic E-state index is -1.04. The lowest BCUT2D eigenvalue weighted by Crippen LogP contribution is -2.34. The smallest absolute Gasteiger partial charge is 0.319 e. The van der Waals surface area contributed by atoms with Crippen molar-refractivity contribution in [3.8, 4) is 5.75 Å². The Morgan fingerprint density at radius 2 is 2.14 bits per heavy atom. The van der Waals surface area contributed by atoms with Gasteiger partial charge in [0.1, 0.15) is 5.75 Å². The van der Waals surface area contributed by atoms with Crippen molar-refractivity contribution < 1.29 is 24.4 Å². The zero-order valence-electron chi connectivity index (χ0n) is 11.5. The van der Waals surface area contributed by atoms with E-state index in [1.54, 1.807) is 0 Å². The normalized spacial score (nSPS) is 11.3. The van der Waals surface area contributed by atoms with Gasteiger partial charge in [0.25, 0.3) is 5.69 Å². The highest BCUT2D eigenvalue weighted by molar-refractivity contribution is 5.91. The maximum atomic E-state index is 11.6. The average molecular weight is 297 g/mol. The molecule has 1 rings (SSSR count). The Morgan fingerprint density at radius 1 is 1.48 bits per heavy atom. The fourth-order valence-corrected chi connectivity index (χ4v) is 1.41. The molecule has 0 fully saturated rings. The first kappa shape index (κ1) is 16.2. The predicted octanol–water partition coefficient (Wildman–Crippen LogP) is 1.45. The Hall–Kier alpha value is -2.84. The van der Waals surface area contributed by atoms with Crippen LogP contribution >= 0.6 is 0 Å². The van der Waals surface area contributed by atoms with Gasteiger partial charge in [0.2, 0.25) is 0 Å². The summed E-state index contributed by atoms with van der Waals surface area (Å²) in [6.45, 7) is 1.37. The number of rotatable bonds is 6. The molecule has 0 saturated heterocycles. The molecule has 0 saturated carbocycles. The third-order valence-corrected chi connectivity index (χ3v) is 2.63. The fourth-order valence-electron chi connectivity index (χ4n) is 1.41. The molecule has 1 aromatic rings. The summed E-state index contributed by atoms with van der Waals surface area (Å²) in [5, 5.41) is 24.1. The number of aliphatic carboxylic acids is 1. The van der Waals surface area contributed by atoms with Gasteiger partial charge in [-0.3, -0.25) is 14.9 Å². The lowest BCUT2D eigenvalue weighted by Gasteiger charge is -2.12. The Kier molecular flexibility index (Phi) is 5.47. The molecule has 1 atom stereocenters. The van der Waals surface area contributed by atoms with Crippen LogP contribution in [0.25, 0.3) is 0 Å². The molecule has 0 bridgehead atoms. The van der Waals surface area contributed by atoms with Gasteiger partial charge in [-0.05, 0) is 6.07 Å². The molecule has 0 aromatic heterocycles. The number of carboxylic acids is 1. The number of hydrogen-bond donors (Lipinski definition) is 3. The number of carbonyl (C=O) groups excluding carboxylic acids is 1. The Balaban J connectivity index is 2.76. The van der Waals surface area contributed by atoms with Crippen molar-refractivity contribution in [2.75, 3.05) is 19.0 Å². The first-order valence-electron chi connectivity index (χ1n) is 5.95. The molecule has 1 aromatic carbocycles. The van der Waals surface area contributed by atoms with Crippen LogP contribution in [0.2, 0.25) is 0 Å². The number of non-ortho nitro benzene ring substituents is 1. The van der Waals surface area contributed by atoms with Gasteiger partial charge in [0.05, 0.1) is 23.6 Å². The van der Waals surface area contributed by atoms with E-state index in [-0.39, 0.29) is 23.7 Å². The second-order valence-electron chi connectivity index (χ2n) is 4.22. The van der Waals surface area contributed by atoms with Crippen LogP contribution in [-0.2, 0) is 4.79 Å². The summed E-state index contributed by atoms with van der Waals surface area (Å²) in [7, 11) is 1.36. The minimum absolute atomic E-state index is 0.0710. The van der Waals surface area contributed by atoms with Crippen molar-refractivity contribution in [1.82, 2.24) is 5.32 Å². The van der Waals surface area contributed by atoms with Crippen LogP contribution in [0.4, 0.5) is 16.2 Å². The van der Waals surface area contributed by atoms with Crippen molar-refractivity contribution in [1.29, 1.82) is 0 Å².